The van der Waals surface area contributed by atoms with E-state index in [-0.39, 0.29) is 18.0 Å². The van der Waals surface area contributed by atoms with Gasteiger partial charge < -0.3 is 5.73 Å². The average molecular weight is 276 g/mol. The molecular weight excluding hydrogens is 263 g/mol. The van der Waals surface area contributed by atoms with Crippen molar-refractivity contribution in [3.8, 4) is 0 Å². The molecule has 0 radical (unpaired) electrons. The molecule has 0 aromatic heterocycles. The van der Waals surface area contributed by atoms with Crippen molar-refractivity contribution in [3.63, 3.8) is 0 Å². The van der Waals surface area contributed by atoms with E-state index < -0.39 is 12.2 Å². The molecule has 2 N–H and O–H groups in total. The SMILES string of the molecule is Cc1ccc([C@@H](N)C(F)(F)F)c2ccccc12.Cl. The quantitative estimate of drug-likeness (QED) is 0.832. The molecule has 0 unspecified atom stereocenters. The topological polar surface area (TPSA) is 26.0 Å². The van der Waals surface area contributed by atoms with Crippen LogP contribution in [0, 0.1) is 6.92 Å². The molecule has 0 heterocycles. The fourth-order valence-corrected chi connectivity index (χ4v) is 1.92. The average Bonchev–Trinajstić information content (AvgIpc) is 2.28. The van der Waals surface area contributed by atoms with Crippen LogP contribution < -0.4 is 5.73 Å². The largest absolute Gasteiger partial charge is 0.407 e. The minimum atomic E-state index is -4.42. The standard InChI is InChI=1S/C13H12F3N.ClH/c1-8-6-7-11(12(17)13(14,15)16)10-5-3-2-4-9(8)10;/h2-7,12H,17H2,1H3;1H/t12-;/m1./s1. The smallest absolute Gasteiger partial charge is 0.316 e. The monoisotopic (exact) mass is 275 g/mol. The third-order valence-electron chi connectivity index (χ3n) is 2.86. The second kappa shape index (κ2) is 5.16. The van der Waals surface area contributed by atoms with E-state index in [4.69, 9.17) is 5.73 Å². The molecular formula is C13H13ClF3N. The van der Waals surface area contributed by atoms with Crippen molar-refractivity contribution < 1.29 is 13.2 Å². The van der Waals surface area contributed by atoms with Gasteiger partial charge in [0.15, 0.2) is 0 Å². The Morgan fingerprint density at radius 2 is 1.56 bits per heavy atom. The molecule has 0 amide bonds. The highest BCUT2D eigenvalue weighted by molar-refractivity contribution is 5.89. The molecule has 2 aromatic carbocycles. The van der Waals surface area contributed by atoms with E-state index in [1.54, 1.807) is 30.3 Å². The van der Waals surface area contributed by atoms with Crippen molar-refractivity contribution in [1.29, 1.82) is 0 Å². The number of hydrogen-bond acceptors (Lipinski definition) is 1. The van der Waals surface area contributed by atoms with Crippen LogP contribution >= 0.6 is 12.4 Å². The van der Waals surface area contributed by atoms with Crippen LogP contribution in [0.3, 0.4) is 0 Å². The number of benzene rings is 2. The van der Waals surface area contributed by atoms with E-state index in [1.807, 2.05) is 6.92 Å². The molecule has 0 aliphatic heterocycles. The molecule has 0 fully saturated rings. The van der Waals surface area contributed by atoms with Crippen molar-refractivity contribution >= 4 is 23.2 Å². The highest BCUT2D eigenvalue weighted by atomic mass is 35.5. The van der Waals surface area contributed by atoms with Gasteiger partial charge in [0.1, 0.15) is 6.04 Å². The van der Waals surface area contributed by atoms with E-state index in [0.717, 1.165) is 10.9 Å². The fraction of sp³-hybridized carbons (Fsp3) is 0.231. The molecule has 1 nitrogen and oxygen atoms in total. The molecule has 2 aromatic rings. The van der Waals surface area contributed by atoms with Crippen LogP contribution in [0.4, 0.5) is 13.2 Å². The summed E-state index contributed by atoms with van der Waals surface area (Å²) in [6, 6.07) is 8.18. The van der Waals surface area contributed by atoms with Crippen LogP contribution in [0.5, 0.6) is 0 Å². The van der Waals surface area contributed by atoms with Crippen molar-refractivity contribution in [2.24, 2.45) is 5.73 Å². The number of nitrogens with two attached hydrogens (primary N) is 1. The Morgan fingerprint density at radius 1 is 1.00 bits per heavy atom. The van der Waals surface area contributed by atoms with Crippen LogP contribution in [0.15, 0.2) is 36.4 Å². The number of aryl methyl sites for hydroxylation is 1. The third-order valence-corrected chi connectivity index (χ3v) is 2.86. The summed E-state index contributed by atoms with van der Waals surface area (Å²) in [4.78, 5) is 0. The Labute approximate surface area is 109 Å². The number of rotatable bonds is 1. The van der Waals surface area contributed by atoms with Gasteiger partial charge in [0, 0.05) is 0 Å². The second-order valence-corrected chi connectivity index (χ2v) is 4.04. The van der Waals surface area contributed by atoms with E-state index in [9.17, 15) is 13.2 Å². The molecule has 18 heavy (non-hydrogen) atoms. The summed E-state index contributed by atoms with van der Waals surface area (Å²) in [5.41, 5.74) is 6.33. The van der Waals surface area contributed by atoms with Crippen LogP contribution in [-0.4, -0.2) is 6.18 Å². The van der Waals surface area contributed by atoms with Gasteiger partial charge in [-0.3, -0.25) is 0 Å². The molecule has 2 rings (SSSR count). The first-order valence-corrected chi connectivity index (χ1v) is 5.22. The van der Waals surface area contributed by atoms with Gasteiger partial charge in [-0.15, -0.1) is 12.4 Å². The highest BCUT2D eigenvalue weighted by Gasteiger charge is 2.38. The lowest BCUT2D eigenvalue weighted by Crippen LogP contribution is -2.28. The summed E-state index contributed by atoms with van der Waals surface area (Å²) < 4.78 is 37.9. The van der Waals surface area contributed by atoms with Gasteiger partial charge in [-0.25, -0.2) is 0 Å². The van der Waals surface area contributed by atoms with Crippen LogP contribution in [0.1, 0.15) is 17.2 Å². The summed E-state index contributed by atoms with van der Waals surface area (Å²) >= 11 is 0. The van der Waals surface area contributed by atoms with Crippen LogP contribution in [0.25, 0.3) is 10.8 Å². The first kappa shape index (κ1) is 14.8. The Morgan fingerprint density at radius 3 is 2.11 bits per heavy atom. The van der Waals surface area contributed by atoms with Gasteiger partial charge in [0.25, 0.3) is 0 Å². The Hall–Kier alpha value is -1.26. The summed E-state index contributed by atoms with van der Waals surface area (Å²) in [7, 11) is 0. The molecule has 98 valence electrons. The van der Waals surface area contributed by atoms with E-state index in [1.165, 1.54) is 6.07 Å². The second-order valence-electron chi connectivity index (χ2n) is 4.04. The number of fused-ring (bicyclic) bond motifs is 1. The summed E-state index contributed by atoms with van der Waals surface area (Å²) in [5, 5.41) is 1.38. The lowest BCUT2D eigenvalue weighted by molar-refractivity contribution is -0.148. The Kier molecular flexibility index (Phi) is 4.24. The number of hydrogen-bond donors (Lipinski definition) is 1. The van der Waals surface area contributed by atoms with Gasteiger partial charge in [-0.05, 0) is 28.8 Å². The molecule has 0 aliphatic rings. The molecule has 0 saturated heterocycles. The van der Waals surface area contributed by atoms with Gasteiger partial charge in [-0.2, -0.15) is 13.2 Å². The van der Waals surface area contributed by atoms with Crippen molar-refractivity contribution in [1.82, 2.24) is 0 Å². The predicted octanol–water partition coefficient (Wildman–Crippen LogP) is 4.13. The van der Waals surface area contributed by atoms with Crippen molar-refractivity contribution in [3.05, 3.63) is 47.5 Å². The molecule has 0 bridgehead atoms. The van der Waals surface area contributed by atoms with Gasteiger partial charge in [-0.1, -0.05) is 36.4 Å². The summed E-state index contributed by atoms with van der Waals surface area (Å²) in [6.07, 6.45) is -4.42. The molecule has 5 heteroatoms. The van der Waals surface area contributed by atoms with Gasteiger partial charge >= 0.3 is 6.18 Å². The third kappa shape index (κ3) is 2.60. The van der Waals surface area contributed by atoms with Crippen molar-refractivity contribution in [2.75, 3.05) is 0 Å². The zero-order chi connectivity index (χ0) is 12.6. The van der Waals surface area contributed by atoms with E-state index >= 15 is 0 Å². The zero-order valence-electron chi connectivity index (χ0n) is 9.66. The Balaban J connectivity index is 0.00000162. The minimum absolute atomic E-state index is 0. The highest BCUT2D eigenvalue weighted by Crippen LogP contribution is 2.35. The predicted molar refractivity (Wildman–Crippen MR) is 68.9 cm³/mol. The Bertz CT molecular complexity index is 551. The van der Waals surface area contributed by atoms with E-state index in [0.29, 0.717) is 5.39 Å². The molecule has 0 spiro atoms. The number of alkyl halides is 3. The molecule has 0 aliphatic carbocycles. The maximum atomic E-state index is 12.6. The zero-order valence-corrected chi connectivity index (χ0v) is 10.5. The van der Waals surface area contributed by atoms with Crippen LogP contribution in [-0.2, 0) is 0 Å². The summed E-state index contributed by atoms with van der Waals surface area (Å²) in [6.45, 7) is 1.87. The van der Waals surface area contributed by atoms with Crippen molar-refractivity contribution in [2.45, 2.75) is 19.1 Å². The summed E-state index contributed by atoms with van der Waals surface area (Å²) in [5.74, 6) is 0. The first-order valence-electron chi connectivity index (χ1n) is 5.22. The van der Waals surface area contributed by atoms with Gasteiger partial charge in [0.2, 0.25) is 0 Å². The minimum Gasteiger partial charge on any atom is -0.316 e. The normalized spacial score (nSPS) is 13.2. The first-order chi connectivity index (χ1) is 7.91. The maximum absolute atomic E-state index is 12.6. The lowest BCUT2D eigenvalue weighted by atomic mass is 9.96. The molecule has 0 saturated carbocycles. The number of halogens is 4. The van der Waals surface area contributed by atoms with E-state index in [2.05, 4.69) is 0 Å². The molecule has 1 atom stereocenters. The van der Waals surface area contributed by atoms with Gasteiger partial charge in [0.05, 0.1) is 0 Å². The van der Waals surface area contributed by atoms with Crippen LogP contribution in [0.2, 0.25) is 0 Å². The fourth-order valence-electron chi connectivity index (χ4n) is 1.92. The maximum Gasteiger partial charge on any atom is 0.407 e. The lowest BCUT2D eigenvalue weighted by Gasteiger charge is -2.18.